The van der Waals surface area contributed by atoms with Crippen LogP contribution >= 0.6 is 0 Å². The van der Waals surface area contributed by atoms with Crippen molar-refractivity contribution in [2.45, 2.75) is 123 Å². The maximum Gasteiger partial charge on any atom is 0.157 e. The lowest BCUT2D eigenvalue weighted by atomic mass is 9.49. The second kappa shape index (κ2) is 10.7. The molecule has 5 nitrogen and oxygen atoms in total. The predicted molar refractivity (Wildman–Crippen MR) is 144 cm³/mol. The maximum atomic E-state index is 9.99. The van der Waals surface area contributed by atoms with Crippen molar-refractivity contribution in [2.24, 2.45) is 34.5 Å². The normalized spacial score (nSPS) is 46.8. The summed E-state index contributed by atoms with van der Waals surface area (Å²) >= 11 is 0. The summed E-state index contributed by atoms with van der Waals surface area (Å²) in [6, 6.07) is 0. The summed E-state index contributed by atoms with van der Waals surface area (Å²) in [6.45, 7) is 9.22. The highest BCUT2D eigenvalue weighted by molar-refractivity contribution is 5.40. The first-order valence-corrected chi connectivity index (χ1v) is 15.5. The third-order valence-corrected chi connectivity index (χ3v) is 11.6. The summed E-state index contributed by atoms with van der Waals surface area (Å²) in [7, 11) is 0. The van der Waals surface area contributed by atoms with Gasteiger partial charge in [0.15, 0.2) is 12.6 Å². The zero-order valence-corrected chi connectivity index (χ0v) is 23.5. The van der Waals surface area contributed by atoms with Gasteiger partial charge in [-0.2, -0.15) is 0 Å². The smallest absolute Gasteiger partial charge is 0.157 e. The van der Waals surface area contributed by atoms with Crippen LogP contribution in [0.25, 0.3) is 0 Å². The first-order chi connectivity index (χ1) is 17.9. The van der Waals surface area contributed by atoms with Gasteiger partial charge in [-0.3, -0.25) is 0 Å². The number of allylic oxidation sites excluding steroid dienone is 3. The van der Waals surface area contributed by atoms with Crippen LogP contribution < -0.4 is 0 Å². The molecule has 1 N–H and O–H groups in total. The van der Waals surface area contributed by atoms with E-state index in [1.807, 2.05) is 0 Å². The van der Waals surface area contributed by atoms with Crippen LogP contribution in [0.1, 0.15) is 97.8 Å². The highest BCUT2D eigenvalue weighted by atomic mass is 16.7. The molecule has 4 aliphatic carbocycles. The van der Waals surface area contributed by atoms with E-state index in [2.05, 4.69) is 32.9 Å². The largest absolute Gasteiger partial charge is 0.396 e. The van der Waals surface area contributed by atoms with Crippen molar-refractivity contribution in [3.05, 3.63) is 23.3 Å². The quantitative estimate of drug-likeness (QED) is 0.436. The van der Waals surface area contributed by atoms with Crippen LogP contribution in [0.15, 0.2) is 23.3 Å². The van der Waals surface area contributed by atoms with Gasteiger partial charge in [-0.1, -0.05) is 44.1 Å². The molecule has 0 amide bonds. The molecule has 6 rings (SSSR count). The minimum atomic E-state index is -0.0917. The molecule has 0 aromatic rings. The van der Waals surface area contributed by atoms with E-state index in [1.165, 1.54) is 44.1 Å². The maximum absolute atomic E-state index is 9.99. The molecule has 10 atom stereocenters. The van der Waals surface area contributed by atoms with Gasteiger partial charge in [0.2, 0.25) is 0 Å². The van der Waals surface area contributed by atoms with E-state index in [-0.39, 0.29) is 30.2 Å². The second-order valence-electron chi connectivity index (χ2n) is 13.5. The van der Waals surface area contributed by atoms with Crippen molar-refractivity contribution >= 4 is 0 Å². The number of aliphatic hydroxyl groups excluding tert-OH is 1. The molecule has 0 aromatic heterocycles. The molecule has 5 heteroatoms. The van der Waals surface area contributed by atoms with Crippen LogP contribution in [0.3, 0.4) is 0 Å². The molecule has 5 fully saturated rings. The summed E-state index contributed by atoms with van der Waals surface area (Å²) in [5, 5.41) is 9.99. The van der Waals surface area contributed by atoms with Gasteiger partial charge >= 0.3 is 0 Å². The Morgan fingerprint density at radius 2 is 1.65 bits per heavy atom. The van der Waals surface area contributed by atoms with E-state index in [4.69, 9.17) is 18.9 Å². The topological polar surface area (TPSA) is 57.2 Å². The fourth-order valence-electron chi connectivity index (χ4n) is 9.44. The third kappa shape index (κ3) is 4.69. The highest BCUT2D eigenvalue weighted by Crippen LogP contribution is 2.66. The molecule has 6 aliphatic rings. The average Bonchev–Trinajstić information content (AvgIpc) is 3.27. The molecule has 0 spiro atoms. The van der Waals surface area contributed by atoms with Gasteiger partial charge in [-0.05, 0) is 99.7 Å². The summed E-state index contributed by atoms with van der Waals surface area (Å²) in [5.74, 6) is 2.14. The van der Waals surface area contributed by atoms with Gasteiger partial charge in [0.05, 0.1) is 12.2 Å². The Bertz CT molecular complexity index is 870. The van der Waals surface area contributed by atoms with E-state index in [0.29, 0.717) is 35.7 Å². The van der Waals surface area contributed by atoms with E-state index < -0.39 is 0 Å². The standard InChI is InChI=1S/C32H50O5/c1-21(20-33)25-12-13-26-24-11-10-22-18-23(36-29-8-4-6-16-34-29)19-28(37-30-9-5-7-17-35-30)32(22,3)27(24)14-15-31(25,26)2/h10-11,21,23,25-30,33H,4-9,12-20H2,1-3H3/t21-,23+,25+,26-,27-,28-,29?,30?,31+,32-/m0/s1. The Balaban J connectivity index is 1.29. The predicted octanol–water partition coefficient (Wildman–Crippen LogP) is 6.55. The molecule has 2 saturated heterocycles. The highest BCUT2D eigenvalue weighted by Gasteiger charge is 2.59. The van der Waals surface area contributed by atoms with Crippen LogP contribution in [-0.4, -0.2) is 49.7 Å². The second-order valence-corrected chi connectivity index (χ2v) is 13.5. The molecule has 2 unspecified atom stereocenters. The van der Waals surface area contributed by atoms with Crippen LogP contribution in [0, 0.1) is 34.5 Å². The van der Waals surface area contributed by atoms with Crippen LogP contribution in [0.2, 0.25) is 0 Å². The summed E-state index contributed by atoms with van der Waals surface area (Å²) in [4.78, 5) is 0. The number of fused-ring (bicyclic) bond motifs is 5. The Morgan fingerprint density at radius 1 is 0.919 bits per heavy atom. The van der Waals surface area contributed by atoms with Crippen molar-refractivity contribution < 1.29 is 24.1 Å². The van der Waals surface area contributed by atoms with Crippen molar-refractivity contribution in [2.75, 3.05) is 19.8 Å². The van der Waals surface area contributed by atoms with Crippen molar-refractivity contribution in [3.63, 3.8) is 0 Å². The van der Waals surface area contributed by atoms with Crippen molar-refractivity contribution in [1.29, 1.82) is 0 Å². The van der Waals surface area contributed by atoms with Crippen LogP contribution in [0.4, 0.5) is 0 Å². The fraction of sp³-hybridized carbons (Fsp3) is 0.875. The lowest BCUT2D eigenvalue weighted by Crippen LogP contribution is -2.55. The molecule has 0 radical (unpaired) electrons. The van der Waals surface area contributed by atoms with Gasteiger partial charge in [-0.25, -0.2) is 0 Å². The van der Waals surface area contributed by atoms with E-state index in [1.54, 1.807) is 5.57 Å². The number of aliphatic hydroxyl groups is 1. The van der Waals surface area contributed by atoms with Gasteiger partial charge < -0.3 is 24.1 Å². The molecule has 2 heterocycles. The first-order valence-electron chi connectivity index (χ1n) is 15.5. The third-order valence-electron chi connectivity index (χ3n) is 11.6. The number of hydrogen-bond donors (Lipinski definition) is 1. The number of rotatable bonds is 6. The van der Waals surface area contributed by atoms with E-state index >= 15 is 0 Å². The summed E-state index contributed by atoms with van der Waals surface area (Å²) in [5.41, 5.74) is 3.46. The number of ether oxygens (including phenoxy) is 4. The van der Waals surface area contributed by atoms with Gasteiger partial charge in [0, 0.05) is 31.7 Å². The van der Waals surface area contributed by atoms with Crippen LogP contribution in [0.5, 0.6) is 0 Å². The lowest BCUT2D eigenvalue weighted by molar-refractivity contribution is -0.242. The SMILES string of the molecule is C[C@@H](CO)[C@H]1CC[C@H]2C3=CC=C4C[C@@H](OC5CCCCO5)C[C@H](OC5CCCCO5)[C@]4(C)[C@H]3CC[C@]12C. The molecule has 0 aromatic carbocycles. The van der Waals surface area contributed by atoms with Crippen molar-refractivity contribution in [1.82, 2.24) is 0 Å². The zero-order chi connectivity index (χ0) is 25.6. The summed E-state index contributed by atoms with van der Waals surface area (Å²) < 4.78 is 25.6. The Kier molecular flexibility index (Phi) is 7.66. The average molecular weight is 515 g/mol. The van der Waals surface area contributed by atoms with Crippen LogP contribution in [-0.2, 0) is 18.9 Å². The minimum Gasteiger partial charge on any atom is -0.396 e. The lowest BCUT2D eigenvalue weighted by Gasteiger charge is -2.58. The monoisotopic (exact) mass is 514 g/mol. The van der Waals surface area contributed by atoms with E-state index in [9.17, 15) is 5.11 Å². The Morgan fingerprint density at radius 3 is 2.32 bits per heavy atom. The fourth-order valence-corrected chi connectivity index (χ4v) is 9.44. The van der Waals surface area contributed by atoms with Gasteiger partial charge in [-0.15, -0.1) is 0 Å². The Hall–Kier alpha value is -0.720. The first kappa shape index (κ1) is 26.5. The Labute approximate surface area is 224 Å². The van der Waals surface area contributed by atoms with Crippen molar-refractivity contribution in [3.8, 4) is 0 Å². The molecule has 0 bridgehead atoms. The number of hydrogen-bond acceptors (Lipinski definition) is 5. The molecule has 2 aliphatic heterocycles. The zero-order valence-electron chi connectivity index (χ0n) is 23.5. The van der Waals surface area contributed by atoms with Gasteiger partial charge in [0.1, 0.15) is 0 Å². The summed E-state index contributed by atoms with van der Waals surface area (Å²) in [6.07, 6.45) is 18.6. The van der Waals surface area contributed by atoms with E-state index in [0.717, 1.165) is 51.7 Å². The molecule has 208 valence electrons. The van der Waals surface area contributed by atoms with Gasteiger partial charge in [0.25, 0.3) is 0 Å². The molecular weight excluding hydrogens is 464 g/mol. The molecule has 3 saturated carbocycles. The minimum absolute atomic E-state index is 0.0137. The molecule has 37 heavy (non-hydrogen) atoms. The molecular formula is C32H50O5.